The Kier molecular flexibility index (Phi) is 6.21. The fourth-order valence-corrected chi connectivity index (χ4v) is 2.97. The monoisotopic (exact) mass is 385 g/mol. The van der Waals surface area contributed by atoms with Gasteiger partial charge in [0, 0.05) is 15.5 Å². The Balaban J connectivity index is 1.90. The minimum atomic E-state index is -0.350. The van der Waals surface area contributed by atoms with E-state index in [1.54, 1.807) is 66.1 Å². The van der Waals surface area contributed by atoms with Gasteiger partial charge in [0.05, 0.1) is 11.4 Å². The lowest BCUT2D eigenvalue weighted by Crippen LogP contribution is -1.99. The van der Waals surface area contributed by atoms with Crippen molar-refractivity contribution in [1.82, 2.24) is 0 Å². The number of nitrogens with zero attached hydrogens (tertiary/aromatic N) is 1. The molecule has 0 aliphatic carbocycles. The van der Waals surface area contributed by atoms with Gasteiger partial charge in [0.2, 0.25) is 0 Å². The molecule has 130 valence electrons. The number of halogens is 3. The lowest BCUT2D eigenvalue weighted by Gasteiger charge is -2.04. The summed E-state index contributed by atoms with van der Waals surface area (Å²) in [7, 11) is 0. The van der Waals surface area contributed by atoms with E-state index in [-0.39, 0.29) is 11.6 Å². The summed E-state index contributed by atoms with van der Waals surface area (Å²) in [4.78, 5) is 5.41. The van der Waals surface area contributed by atoms with Crippen molar-refractivity contribution in [1.29, 1.82) is 0 Å². The SMILES string of the molecule is Fc1ccc(S/C=C/C(=Nc2ccc(Cl)cc2)c2ccccc2F)cc1. The molecule has 0 bridgehead atoms. The van der Waals surface area contributed by atoms with E-state index < -0.39 is 0 Å². The van der Waals surface area contributed by atoms with E-state index >= 15 is 0 Å². The summed E-state index contributed by atoms with van der Waals surface area (Å²) in [5.41, 5.74) is 1.56. The van der Waals surface area contributed by atoms with Crippen molar-refractivity contribution in [2.24, 2.45) is 4.99 Å². The van der Waals surface area contributed by atoms with Crippen molar-refractivity contribution in [3.63, 3.8) is 0 Å². The van der Waals surface area contributed by atoms with Crippen molar-refractivity contribution in [3.05, 3.63) is 107 Å². The molecule has 26 heavy (non-hydrogen) atoms. The van der Waals surface area contributed by atoms with Gasteiger partial charge in [0.25, 0.3) is 0 Å². The minimum Gasteiger partial charge on any atom is -0.248 e. The zero-order chi connectivity index (χ0) is 18.4. The number of aliphatic imine (C=N–C) groups is 1. The maximum atomic E-state index is 14.2. The van der Waals surface area contributed by atoms with E-state index in [0.29, 0.717) is 22.0 Å². The summed E-state index contributed by atoms with van der Waals surface area (Å²) >= 11 is 7.30. The molecule has 3 rings (SSSR count). The van der Waals surface area contributed by atoms with Gasteiger partial charge < -0.3 is 0 Å². The Labute approximate surface area is 160 Å². The van der Waals surface area contributed by atoms with Gasteiger partial charge >= 0.3 is 0 Å². The molecule has 0 aliphatic rings. The molecular weight excluding hydrogens is 372 g/mol. The fourth-order valence-electron chi connectivity index (χ4n) is 2.20. The normalized spacial score (nSPS) is 11.9. The standard InChI is InChI=1S/C21H14ClF2NS/c22-15-5-9-17(10-6-15)25-21(19-3-1-2-4-20(19)24)13-14-26-18-11-7-16(23)8-12-18/h1-14H/b14-13+,25-21?. The second-order valence-corrected chi connectivity index (χ2v) is 6.74. The van der Waals surface area contributed by atoms with Crippen LogP contribution in [0.4, 0.5) is 14.5 Å². The molecule has 0 unspecified atom stereocenters. The third-order valence-corrected chi connectivity index (χ3v) is 4.54. The topological polar surface area (TPSA) is 12.4 Å². The van der Waals surface area contributed by atoms with Gasteiger partial charge in [-0.2, -0.15) is 0 Å². The van der Waals surface area contributed by atoms with Crippen molar-refractivity contribution < 1.29 is 8.78 Å². The average Bonchev–Trinajstić information content (AvgIpc) is 2.65. The van der Waals surface area contributed by atoms with Gasteiger partial charge in [-0.1, -0.05) is 35.5 Å². The van der Waals surface area contributed by atoms with E-state index in [9.17, 15) is 8.78 Å². The molecule has 0 N–H and O–H groups in total. The predicted octanol–water partition coefficient (Wildman–Crippen LogP) is 7.05. The second-order valence-electron chi connectivity index (χ2n) is 5.33. The van der Waals surface area contributed by atoms with Gasteiger partial charge in [-0.3, -0.25) is 0 Å². The van der Waals surface area contributed by atoms with Crippen LogP contribution in [0.25, 0.3) is 0 Å². The van der Waals surface area contributed by atoms with Gasteiger partial charge in [-0.05, 0) is 72.1 Å². The maximum absolute atomic E-state index is 14.2. The van der Waals surface area contributed by atoms with Crippen LogP contribution in [0.15, 0.2) is 94.2 Å². The quantitative estimate of drug-likeness (QED) is 0.338. The number of thioether (sulfide) groups is 1. The first-order chi connectivity index (χ1) is 12.6. The highest BCUT2D eigenvalue weighted by Crippen LogP contribution is 2.22. The Bertz CT molecular complexity index is 935. The molecule has 0 fully saturated rings. The van der Waals surface area contributed by atoms with Crippen molar-refractivity contribution in [2.45, 2.75) is 4.90 Å². The van der Waals surface area contributed by atoms with Gasteiger partial charge in [0.15, 0.2) is 0 Å². The van der Waals surface area contributed by atoms with Crippen LogP contribution in [0.3, 0.4) is 0 Å². The van der Waals surface area contributed by atoms with Crippen LogP contribution in [-0.4, -0.2) is 5.71 Å². The Hall–Kier alpha value is -2.43. The Morgan fingerprint density at radius 1 is 0.885 bits per heavy atom. The van der Waals surface area contributed by atoms with Crippen LogP contribution in [0.2, 0.25) is 5.02 Å². The summed E-state index contributed by atoms with van der Waals surface area (Å²) in [6.07, 6.45) is 1.74. The van der Waals surface area contributed by atoms with Crippen molar-refractivity contribution in [2.75, 3.05) is 0 Å². The molecule has 0 atom stereocenters. The third-order valence-electron chi connectivity index (χ3n) is 3.47. The van der Waals surface area contributed by atoms with Crippen LogP contribution in [-0.2, 0) is 0 Å². The predicted molar refractivity (Wildman–Crippen MR) is 105 cm³/mol. The summed E-state index contributed by atoms with van der Waals surface area (Å²) < 4.78 is 27.2. The highest BCUT2D eigenvalue weighted by Gasteiger charge is 2.07. The number of allylic oxidation sites excluding steroid dienone is 1. The summed E-state index contributed by atoms with van der Waals surface area (Å²) in [6, 6.07) is 19.6. The van der Waals surface area contributed by atoms with Gasteiger partial charge in [-0.25, -0.2) is 13.8 Å². The lowest BCUT2D eigenvalue weighted by atomic mass is 10.1. The largest absolute Gasteiger partial charge is 0.248 e. The Morgan fingerprint density at radius 2 is 1.58 bits per heavy atom. The summed E-state index contributed by atoms with van der Waals surface area (Å²) in [5, 5.41) is 2.41. The molecule has 3 aromatic carbocycles. The molecule has 1 nitrogen and oxygen atoms in total. The minimum absolute atomic E-state index is 0.283. The first kappa shape index (κ1) is 18.4. The zero-order valence-corrected chi connectivity index (χ0v) is 15.1. The summed E-state index contributed by atoms with van der Waals surface area (Å²) in [6.45, 7) is 0. The number of hydrogen-bond donors (Lipinski definition) is 0. The average molecular weight is 386 g/mol. The summed E-state index contributed by atoms with van der Waals surface area (Å²) in [5.74, 6) is -0.633. The van der Waals surface area contributed by atoms with Crippen LogP contribution < -0.4 is 0 Å². The molecule has 0 aromatic heterocycles. The van der Waals surface area contributed by atoms with E-state index in [4.69, 9.17) is 11.6 Å². The molecule has 0 saturated heterocycles. The molecule has 0 radical (unpaired) electrons. The van der Waals surface area contributed by atoms with Crippen LogP contribution in [0, 0.1) is 11.6 Å². The highest BCUT2D eigenvalue weighted by molar-refractivity contribution is 8.02. The molecule has 3 aromatic rings. The molecule has 5 heteroatoms. The third kappa shape index (κ3) is 5.04. The number of hydrogen-bond acceptors (Lipinski definition) is 2. The molecular formula is C21H14ClF2NS. The maximum Gasteiger partial charge on any atom is 0.132 e. The number of rotatable bonds is 5. The van der Waals surface area contributed by atoms with Crippen LogP contribution >= 0.6 is 23.4 Å². The van der Waals surface area contributed by atoms with Crippen LogP contribution in [0.1, 0.15) is 5.56 Å². The fraction of sp³-hybridized carbons (Fsp3) is 0. The molecule has 0 heterocycles. The lowest BCUT2D eigenvalue weighted by molar-refractivity contribution is 0.625. The second kappa shape index (κ2) is 8.79. The number of benzene rings is 3. The van der Waals surface area contributed by atoms with E-state index in [1.807, 2.05) is 0 Å². The van der Waals surface area contributed by atoms with Crippen molar-refractivity contribution in [3.8, 4) is 0 Å². The van der Waals surface area contributed by atoms with Crippen LogP contribution in [0.5, 0.6) is 0 Å². The van der Waals surface area contributed by atoms with E-state index in [1.165, 1.54) is 30.0 Å². The Morgan fingerprint density at radius 3 is 2.27 bits per heavy atom. The zero-order valence-electron chi connectivity index (χ0n) is 13.6. The molecule has 0 amide bonds. The van der Waals surface area contributed by atoms with Gasteiger partial charge in [-0.15, -0.1) is 0 Å². The van der Waals surface area contributed by atoms with Gasteiger partial charge in [0.1, 0.15) is 11.6 Å². The molecule has 0 saturated carbocycles. The highest BCUT2D eigenvalue weighted by atomic mass is 35.5. The van der Waals surface area contributed by atoms with Crippen molar-refractivity contribution >= 4 is 34.8 Å². The first-order valence-electron chi connectivity index (χ1n) is 7.80. The molecule has 0 spiro atoms. The first-order valence-corrected chi connectivity index (χ1v) is 9.05. The van der Waals surface area contributed by atoms with E-state index in [0.717, 1.165) is 4.90 Å². The molecule has 0 aliphatic heterocycles. The van der Waals surface area contributed by atoms with E-state index in [2.05, 4.69) is 4.99 Å². The smallest absolute Gasteiger partial charge is 0.132 e.